The van der Waals surface area contributed by atoms with Gasteiger partial charge in [0.1, 0.15) is 23.9 Å². The molecule has 118 valence electrons. The largest absolute Gasteiger partial charge is 0.497 e. The molecule has 0 radical (unpaired) electrons. The summed E-state index contributed by atoms with van der Waals surface area (Å²) in [6.45, 7) is 0.228. The molecule has 2 rings (SSSR count). The van der Waals surface area contributed by atoms with Gasteiger partial charge in [-0.2, -0.15) is 0 Å². The number of halogens is 1. The first-order chi connectivity index (χ1) is 10.5. The zero-order valence-electron chi connectivity index (χ0n) is 12.0. The zero-order valence-corrected chi connectivity index (χ0v) is 12.8. The van der Waals surface area contributed by atoms with Crippen LogP contribution in [0.25, 0.3) is 0 Å². The smallest absolute Gasteiger partial charge is 0.240 e. The van der Waals surface area contributed by atoms with Gasteiger partial charge in [0, 0.05) is 6.54 Å². The highest BCUT2D eigenvalue weighted by Gasteiger charge is 2.13. The second-order valence-corrected chi connectivity index (χ2v) is 6.15. The number of hydrogen-bond donors (Lipinski definition) is 1. The minimum absolute atomic E-state index is 0.0743. The Kier molecular flexibility index (Phi) is 5.35. The van der Waals surface area contributed by atoms with E-state index >= 15 is 0 Å². The molecular weight excluding hydrogens is 309 g/mol. The van der Waals surface area contributed by atoms with E-state index in [4.69, 9.17) is 9.47 Å². The molecule has 2 aromatic rings. The SMILES string of the molecule is COc1ccc(OCCNS(=O)(=O)c2cccc(F)c2)cc1. The van der Waals surface area contributed by atoms with Gasteiger partial charge in [-0.3, -0.25) is 0 Å². The summed E-state index contributed by atoms with van der Waals surface area (Å²) in [6, 6.07) is 11.8. The van der Waals surface area contributed by atoms with Crippen LogP contribution in [0, 0.1) is 5.82 Å². The Hall–Kier alpha value is -2.12. The quantitative estimate of drug-likeness (QED) is 0.793. The van der Waals surface area contributed by atoms with Crippen LogP contribution in [0.15, 0.2) is 53.4 Å². The van der Waals surface area contributed by atoms with Crippen LogP contribution >= 0.6 is 0 Å². The van der Waals surface area contributed by atoms with E-state index in [1.54, 1.807) is 31.4 Å². The van der Waals surface area contributed by atoms with Gasteiger partial charge in [0.05, 0.1) is 12.0 Å². The average Bonchev–Trinajstić information content (AvgIpc) is 2.52. The fraction of sp³-hybridized carbons (Fsp3) is 0.200. The highest BCUT2D eigenvalue weighted by atomic mass is 32.2. The molecule has 22 heavy (non-hydrogen) atoms. The lowest BCUT2D eigenvalue weighted by molar-refractivity contribution is 0.322. The van der Waals surface area contributed by atoms with Crippen molar-refractivity contribution in [1.82, 2.24) is 4.72 Å². The molecule has 0 amide bonds. The molecule has 0 heterocycles. The lowest BCUT2D eigenvalue weighted by Crippen LogP contribution is -2.28. The molecule has 2 aromatic carbocycles. The number of ether oxygens (including phenoxy) is 2. The Bertz CT molecular complexity index is 717. The van der Waals surface area contributed by atoms with E-state index in [2.05, 4.69) is 4.72 Å². The highest BCUT2D eigenvalue weighted by molar-refractivity contribution is 7.89. The van der Waals surface area contributed by atoms with Gasteiger partial charge < -0.3 is 9.47 Å². The fourth-order valence-corrected chi connectivity index (χ4v) is 2.78. The number of benzene rings is 2. The number of nitrogens with one attached hydrogen (secondary N) is 1. The Morgan fingerprint density at radius 1 is 1.09 bits per heavy atom. The van der Waals surface area contributed by atoms with E-state index in [-0.39, 0.29) is 18.0 Å². The number of sulfonamides is 1. The van der Waals surface area contributed by atoms with Crippen LogP contribution in [0.2, 0.25) is 0 Å². The third kappa shape index (κ3) is 4.44. The molecule has 0 saturated carbocycles. The minimum Gasteiger partial charge on any atom is -0.497 e. The molecule has 0 aliphatic carbocycles. The van der Waals surface area contributed by atoms with Crippen molar-refractivity contribution in [3.05, 3.63) is 54.3 Å². The van der Waals surface area contributed by atoms with Gasteiger partial charge in [0.25, 0.3) is 0 Å². The van der Waals surface area contributed by atoms with E-state index in [0.717, 1.165) is 6.07 Å². The normalized spacial score (nSPS) is 11.2. The molecule has 0 saturated heterocycles. The van der Waals surface area contributed by atoms with E-state index < -0.39 is 15.8 Å². The standard InChI is InChI=1S/C15H16FNO4S/c1-20-13-5-7-14(8-6-13)21-10-9-17-22(18,19)15-4-2-3-12(16)11-15/h2-8,11,17H,9-10H2,1H3. The molecular formula is C15H16FNO4S. The maximum atomic E-state index is 13.0. The third-order valence-electron chi connectivity index (χ3n) is 2.83. The number of rotatable bonds is 7. The lowest BCUT2D eigenvalue weighted by atomic mass is 10.3. The van der Waals surface area contributed by atoms with Crippen molar-refractivity contribution in [3.63, 3.8) is 0 Å². The molecule has 0 atom stereocenters. The van der Waals surface area contributed by atoms with Gasteiger partial charge in [-0.15, -0.1) is 0 Å². The average molecular weight is 325 g/mol. The van der Waals surface area contributed by atoms with E-state index in [1.807, 2.05) is 0 Å². The first-order valence-electron chi connectivity index (χ1n) is 6.53. The van der Waals surface area contributed by atoms with Gasteiger partial charge in [-0.05, 0) is 42.5 Å². The van der Waals surface area contributed by atoms with Gasteiger partial charge in [0.15, 0.2) is 0 Å². The molecule has 7 heteroatoms. The van der Waals surface area contributed by atoms with Crippen molar-refractivity contribution < 1.29 is 22.3 Å². The molecule has 5 nitrogen and oxygen atoms in total. The van der Waals surface area contributed by atoms with Gasteiger partial charge in [0.2, 0.25) is 10.0 Å². The van der Waals surface area contributed by atoms with Crippen molar-refractivity contribution in [2.75, 3.05) is 20.3 Å². The first-order valence-corrected chi connectivity index (χ1v) is 8.02. The van der Waals surface area contributed by atoms with Crippen molar-refractivity contribution >= 4 is 10.0 Å². The van der Waals surface area contributed by atoms with Gasteiger partial charge in [-0.25, -0.2) is 17.5 Å². The van der Waals surface area contributed by atoms with Crippen LogP contribution in [0.5, 0.6) is 11.5 Å². The molecule has 1 N–H and O–H groups in total. The molecule has 0 aliphatic heterocycles. The lowest BCUT2D eigenvalue weighted by Gasteiger charge is -2.09. The monoisotopic (exact) mass is 325 g/mol. The van der Waals surface area contributed by atoms with Crippen LogP contribution in [-0.4, -0.2) is 28.7 Å². The molecule has 0 bridgehead atoms. The van der Waals surface area contributed by atoms with Crippen molar-refractivity contribution in [3.8, 4) is 11.5 Å². The van der Waals surface area contributed by atoms with Crippen LogP contribution in [0.3, 0.4) is 0 Å². The predicted molar refractivity (Wildman–Crippen MR) is 80.1 cm³/mol. The Balaban J connectivity index is 1.85. The maximum absolute atomic E-state index is 13.0. The summed E-state index contributed by atoms with van der Waals surface area (Å²) in [4.78, 5) is -0.114. The van der Waals surface area contributed by atoms with Gasteiger partial charge in [-0.1, -0.05) is 6.07 Å². The predicted octanol–water partition coefficient (Wildman–Crippen LogP) is 2.19. The van der Waals surface area contributed by atoms with Crippen molar-refractivity contribution in [1.29, 1.82) is 0 Å². The first kappa shape index (κ1) is 16.3. The molecule has 0 aromatic heterocycles. The summed E-state index contributed by atoms with van der Waals surface area (Å²) >= 11 is 0. The minimum atomic E-state index is -3.74. The summed E-state index contributed by atoms with van der Waals surface area (Å²) in [7, 11) is -2.17. The number of methoxy groups -OCH3 is 1. The highest BCUT2D eigenvalue weighted by Crippen LogP contribution is 2.16. The molecule has 0 aliphatic rings. The zero-order chi connectivity index (χ0) is 16.0. The van der Waals surface area contributed by atoms with Gasteiger partial charge >= 0.3 is 0 Å². The Morgan fingerprint density at radius 2 is 1.77 bits per heavy atom. The Morgan fingerprint density at radius 3 is 2.41 bits per heavy atom. The van der Waals surface area contributed by atoms with Crippen molar-refractivity contribution in [2.24, 2.45) is 0 Å². The third-order valence-corrected chi connectivity index (χ3v) is 4.29. The topological polar surface area (TPSA) is 64.6 Å². The molecule has 0 spiro atoms. The fourth-order valence-electron chi connectivity index (χ4n) is 1.73. The second-order valence-electron chi connectivity index (χ2n) is 4.38. The number of hydrogen-bond acceptors (Lipinski definition) is 4. The second kappa shape index (κ2) is 7.24. The van der Waals surface area contributed by atoms with E-state index in [9.17, 15) is 12.8 Å². The van der Waals surface area contributed by atoms with Crippen LogP contribution in [0.1, 0.15) is 0 Å². The summed E-state index contributed by atoms with van der Waals surface area (Å²) in [6.07, 6.45) is 0. The van der Waals surface area contributed by atoms with Crippen LogP contribution in [-0.2, 0) is 10.0 Å². The molecule has 0 fully saturated rings. The molecule has 0 unspecified atom stereocenters. The van der Waals surface area contributed by atoms with Crippen LogP contribution < -0.4 is 14.2 Å². The summed E-state index contributed by atoms with van der Waals surface area (Å²) in [5.41, 5.74) is 0. The summed E-state index contributed by atoms with van der Waals surface area (Å²) < 4.78 is 49.7. The van der Waals surface area contributed by atoms with E-state index in [0.29, 0.717) is 11.5 Å². The Labute approximate surface area is 128 Å². The summed E-state index contributed by atoms with van der Waals surface area (Å²) in [5.74, 6) is 0.710. The summed E-state index contributed by atoms with van der Waals surface area (Å²) in [5, 5.41) is 0. The van der Waals surface area contributed by atoms with Crippen molar-refractivity contribution in [2.45, 2.75) is 4.90 Å². The van der Waals surface area contributed by atoms with Crippen LogP contribution in [0.4, 0.5) is 4.39 Å². The van der Waals surface area contributed by atoms with E-state index in [1.165, 1.54) is 18.2 Å². The maximum Gasteiger partial charge on any atom is 0.240 e.